The van der Waals surface area contributed by atoms with Crippen LogP contribution in [0.25, 0.3) is 11.0 Å². The fourth-order valence-corrected chi connectivity index (χ4v) is 5.47. The van der Waals surface area contributed by atoms with E-state index in [1.54, 1.807) is 36.1 Å². The number of anilines is 1. The van der Waals surface area contributed by atoms with Crippen LogP contribution in [0.1, 0.15) is 43.7 Å². The molecule has 10 heteroatoms. The second-order valence-electron chi connectivity index (χ2n) is 10.1. The van der Waals surface area contributed by atoms with Gasteiger partial charge in [-0.1, -0.05) is 48.7 Å². The molecule has 3 aromatic carbocycles. The van der Waals surface area contributed by atoms with E-state index >= 15 is 0 Å². The maximum absolute atomic E-state index is 14.3. The van der Waals surface area contributed by atoms with Gasteiger partial charge in [-0.2, -0.15) is 0 Å². The summed E-state index contributed by atoms with van der Waals surface area (Å²) in [5, 5.41) is 11.7. The zero-order chi connectivity index (χ0) is 27.5. The molecule has 0 radical (unpaired) electrons. The van der Waals surface area contributed by atoms with Crippen molar-refractivity contribution < 1.29 is 23.8 Å². The number of para-hydroxylation sites is 1. The van der Waals surface area contributed by atoms with E-state index in [1.165, 1.54) is 11.3 Å². The number of aromatic nitrogens is 3. The molecule has 10 nitrogen and oxygen atoms in total. The summed E-state index contributed by atoms with van der Waals surface area (Å²) in [7, 11) is 1.58. The lowest BCUT2D eigenvalue weighted by Crippen LogP contribution is -2.48. The van der Waals surface area contributed by atoms with Crippen LogP contribution in [0.2, 0.25) is 0 Å². The van der Waals surface area contributed by atoms with Gasteiger partial charge in [0.25, 0.3) is 0 Å². The molecule has 0 unspecified atom stereocenters. The zero-order valence-corrected chi connectivity index (χ0v) is 22.3. The summed E-state index contributed by atoms with van der Waals surface area (Å²) < 4.78 is 18.2. The highest BCUT2D eigenvalue weighted by Crippen LogP contribution is 2.39. The Morgan fingerprint density at radius 2 is 1.85 bits per heavy atom. The van der Waals surface area contributed by atoms with Crippen LogP contribution in [-0.2, 0) is 16.1 Å². The smallest absolute Gasteiger partial charge is 0.249 e. The van der Waals surface area contributed by atoms with Crippen LogP contribution >= 0.6 is 0 Å². The summed E-state index contributed by atoms with van der Waals surface area (Å²) in [6, 6.07) is 19.1. The van der Waals surface area contributed by atoms with Crippen molar-refractivity contribution in [1.29, 1.82) is 0 Å². The van der Waals surface area contributed by atoms with E-state index in [4.69, 9.17) is 14.2 Å². The van der Waals surface area contributed by atoms with Crippen molar-refractivity contribution in [2.75, 3.05) is 18.8 Å². The van der Waals surface area contributed by atoms with Crippen molar-refractivity contribution >= 4 is 28.5 Å². The average Bonchev–Trinajstić information content (AvgIpc) is 3.63. The molecular weight excluding hydrogens is 510 g/mol. The summed E-state index contributed by atoms with van der Waals surface area (Å²) in [6.07, 6.45) is 5.14. The molecule has 1 aliphatic carbocycles. The first-order valence-corrected chi connectivity index (χ1v) is 13.5. The Balaban J connectivity index is 1.43. The van der Waals surface area contributed by atoms with Crippen LogP contribution in [-0.4, -0.2) is 46.8 Å². The van der Waals surface area contributed by atoms with Gasteiger partial charge in [0.1, 0.15) is 23.9 Å². The van der Waals surface area contributed by atoms with E-state index in [1.807, 2.05) is 42.5 Å². The first-order valence-electron chi connectivity index (χ1n) is 13.5. The molecule has 1 aromatic heterocycles. The summed E-state index contributed by atoms with van der Waals surface area (Å²) >= 11 is 0. The first kappa shape index (κ1) is 25.7. The summed E-state index contributed by atoms with van der Waals surface area (Å²) in [5.41, 5.74) is 2.54. The number of carbonyl (C=O) groups excluding carboxylic acids is 2. The third-order valence-electron chi connectivity index (χ3n) is 7.48. The largest absolute Gasteiger partial charge is 0.497 e. The number of methoxy groups -OCH3 is 1. The number of nitrogens with one attached hydrogen (secondary N) is 1. The maximum atomic E-state index is 14.3. The third kappa shape index (κ3) is 5.16. The van der Waals surface area contributed by atoms with E-state index < -0.39 is 6.04 Å². The minimum atomic E-state index is -0.973. The molecule has 1 fully saturated rings. The van der Waals surface area contributed by atoms with Crippen LogP contribution in [0, 0.1) is 0 Å². The van der Waals surface area contributed by atoms with E-state index in [0.717, 1.165) is 31.2 Å². The predicted octanol–water partition coefficient (Wildman–Crippen LogP) is 4.39. The lowest BCUT2D eigenvalue weighted by Gasteiger charge is -2.33. The Labute approximate surface area is 231 Å². The lowest BCUT2D eigenvalue weighted by atomic mass is 9.94. The molecule has 206 valence electrons. The Morgan fingerprint density at radius 3 is 2.70 bits per heavy atom. The maximum Gasteiger partial charge on any atom is 0.249 e. The van der Waals surface area contributed by atoms with Crippen molar-refractivity contribution in [3.8, 4) is 17.2 Å². The minimum absolute atomic E-state index is 0.0577. The number of benzene rings is 3. The van der Waals surface area contributed by atoms with E-state index in [0.29, 0.717) is 34.0 Å². The quantitative estimate of drug-likeness (QED) is 0.352. The Morgan fingerprint density at radius 1 is 1.02 bits per heavy atom. The van der Waals surface area contributed by atoms with Crippen molar-refractivity contribution in [2.24, 2.45) is 0 Å². The first-order chi connectivity index (χ1) is 19.6. The van der Waals surface area contributed by atoms with Crippen LogP contribution < -0.4 is 24.4 Å². The van der Waals surface area contributed by atoms with Gasteiger partial charge < -0.3 is 19.5 Å². The van der Waals surface area contributed by atoms with Crippen LogP contribution in [0.3, 0.4) is 0 Å². The van der Waals surface area contributed by atoms with Crippen molar-refractivity contribution in [3.63, 3.8) is 0 Å². The van der Waals surface area contributed by atoms with Crippen LogP contribution in [0.4, 0.5) is 5.69 Å². The SMILES string of the molecule is COc1cccc([C@H](C(=O)NC2CCCCC2)N(C(=O)Cn2nnc3ccccc32)c2ccc3c(c2)OCO3)c1. The van der Waals surface area contributed by atoms with Crippen molar-refractivity contribution in [2.45, 2.75) is 50.7 Å². The monoisotopic (exact) mass is 541 g/mol. The molecule has 1 saturated carbocycles. The van der Waals surface area contributed by atoms with Gasteiger partial charge in [0.05, 0.1) is 12.6 Å². The highest BCUT2D eigenvalue weighted by Gasteiger charge is 2.35. The summed E-state index contributed by atoms with van der Waals surface area (Å²) in [6.45, 7) is -0.0225. The third-order valence-corrected chi connectivity index (χ3v) is 7.48. The highest BCUT2D eigenvalue weighted by atomic mass is 16.7. The average molecular weight is 542 g/mol. The fourth-order valence-electron chi connectivity index (χ4n) is 5.47. The number of nitrogens with zero attached hydrogens (tertiary/aromatic N) is 4. The number of amides is 2. The standard InChI is InChI=1S/C30H31N5O5/c1-38-23-11-7-8-20(16-23)29(30(37)31-21-9-3-2-4-10-21)35(22-14-15-26-27(17-22)40-19-39-26)28(36)18-34-25-13-6-5-12-24(25)32-33-34/h5-8,11-17,21,29H,2-4,9-10,18-19H2,1H3,(H,31,37)/t29-/m1/s1. The molecule has 4 aromatic rings. The molecule has 0 saturated heterocycles. The number of fused-ring (bicyclic) bond motifs is 2. The van der Waals surface area contributed by atoms with Crippen molar-refractivity contribution in [1.82, 2.24) is 20.3 Å². The Bertz CT molecular complexity index is 1530. The molecule has 2 heterocycles. The van der Waals surface area contributed by atoms with Gasteiger partial charge in [-0.15, -0.1) is 5.10 Å². The van der Waals surface area contributed by atoms with Gasteiger partial charge in [-0.3, -0.25) is 14.5 Å². The molecule has 0 spiro atoms. The van der Waals surface area contributed by atoms with E-state index in [9.17, 15) is 9.59 Å². The van der Waals surface area contributed by atoms with E-state index in [2.05, 4.69) is 15.6 Å². The minimum Gasteiger partial charge on any atom is -0.497 e. The number of hydrogen-bond donors (Lipinski definition) is 1. The van der Waals surface area contributed by atoms with Gasteiger partial charge in [0.15, 0.2) is 11.5 Å². The normalized spacial score (nSPS) is 15.5. The van der Waals surface area contributed by atoms with Gasteiger partial charge in [-0.25, -0.2) is 4.68 Å². The van der Waals surface area contributed by atoms with Gasteiger partial charge in [0.2, 0.25) is 18.6 Å². The second kappa shape index (κ2) is 11.3. The molecule has 1 N–H and O–H groups in total. The predicted molar refractivity (Wildman–Crippen MR) is 148 cm³/mol. The van der Waals surface area contributed by atoms with E-state index in [-0.39, 0.29) is 31.2 Å². The number of hydrogen-bond acceptors (Lipinski definition) is 7. The highest BCUT2D eigenvalue weighted by molar-refractivity contribution is 6.02. The van der Waals surface area contributed by atoms with Crippen molar-refractivity contribution in [3.05, 3.63) is 72.3 Å². The molecule has 0 bridgehead atoms. The molecule has 1 atom stereocenters. The molecule has 6 rings (SSSR count). The number of ether oxygens (including phenoxy) is 3. The summed E-state index contributed by atoms with van der Waals surface area (Å²) in [4.78, 5) is 29.9. The second-order valence-corrected chi connectivity index (χ2v) is 10.1. The molecule has 1 aliphatic heterocycles. The molecule has 2 amide bonds. The van der Waals surface area contributed by atoms with Gasteiger partial charge in [-0.05, 0) is 54.8 Å². The fraction of sp³-hybridized carbons (Fsp3) is 0.333. The Kier molecular flexibility index (Phi) is 7.22. The number of carbonyl (C=O) groups is 2. The van der Waals surface area contributed by atoms with Gasteiger partial charge in [0, 0.05) is 17.8 Å². The lowest BCUT2D eigenvalue weighted by molar-refractivity contribution is -0.127. The molecule has 2 aliphatic rings. The zero-order valence-electron chi connectivity index (χ0n) is 22.3. The van der Waals surface area contributed by atoms with Gasteiger partial charge >= 0.3 is 0 Å². The van der Waals surface area contributed by atoms with Crippen LogP contribution in [0.5, 0.6) is 17.2 Å². The Hall–Kier alpha value is -4.60. The molecular formula is C30H31N5O5. The topological polar surface area (TPSA) is 108 Å². The molecule has 40 heavy (non-hydrogen) atoms. The number of rotatable bonds is 8. The van der Waals surface area contributed by atoms with Crippen LogP contribution in [0.15, 0.2) is 66.7 Å². The summed E-state index contributed by atoms with van der Waals surface area (Å²) in [5.74, 6) is 1.10.